The molecular weight excluding hydrogens is 290 g/mol. The fourth-order valence-corrected chi connectivity index (χ4v) is 0.821. The minimum absolute atomic E-state index is 0. The summed E-state index contributed by atoms with van der Waals surface area (Å²) < 4.78 is 1.49. The van der Waals surface area contributed by atoms with Crippen molar-refractivity contribution in [3.8, 4) is 5.69 Å². The molecule has 1 aromatic heterocycles. The first kappa shape index (κ1) is 9.71. The van der Waals surface area contributed by atoms with E-state index in [1.54, 1.807) is 0 Å². The summed E-state index contributed by atoms with van der Waals surface area (Å²) in [5.41, 5.74) is 0.914. The molecule has 0 fully saturated rings. The minimum atomic E-state index is 0. The Morgan fingerprint density at radius 3 is 2.50 bits per heavy atom. The first-order chi connectivity index (χ1) is 5.47. The molecule has 0 aliphatic carbocycles. The standard InChI is InChI=1S/C7H5N4.Sm/c1-2-4-7(5-3-1)11-6-8-9-10-11;/h1-5H;/q-1;. The molecule has 1 heterocycles. The Morgan fingerprint density at radius 2 is 1.92 bits per heavy atom. The molecule has 2 rings (SSSR count). The van der Waals surface area contributed by atoms with E-state index in [1.807, 2.05) is 30.3 Å². The summed E-state index contributed by atoms with van der Waals surface area (Å²) in [6.45, 7) is 0. The summed E-state index contributed by atoms with van der Waals surface area (Å²) in [5, 5.41) is 10.6. The summed E-state index contributed by atoms with van der Waals surface area (Å²) in [4.78, 5) is 0. The number of rotatable bonds is 1. The van der Waals surface area contributed by atoms with Gasteiger partial charge in [-0.1, -0.05) is 29.1 Å². The number of hydrogen-bond acceptors (Lipinski definition) is 3. The third-order valence-corrected chi connectivity index (χ3v) is 1.31. The van der Waals surface area contributed by atoms with Crippen LogP contribution in [0.25, 0.3) is 5.69 Å². The molecular formula is C7H5N4Sm-. The molecule has 0 N–H and O–H groups in total. The Bertz CT molecular complexity index is 318. The maximum atomic E-state index is 3.69. The zero-order valence-corrected chi connectivity index (χ0v) is 8.70. The molecule has 0 aliphatic heterocycles. The van der Waals surface area contributed by atoms with Crippen LogP contribution in [0.5, 0.6) is 0 Å². The van der Waals surface area contributed by atoms with Crippen LogP contribution in [0.2, 0.25) is 0 Å². The summed E-state index contributed by atoms with van der Waals surface area (Å²) in [5.74, 6) is 0. The Kier molecular flexibility index (Phi) is 3.73. The van der Waals surface area contributed by atoms with Crippen molar-refractivity contribution in [2.24, 2.45) is 0 Å². The Labute approximate surface area is 102 Å². The summed E-state index contributed by atoms with van der Waals surface area (Å²) in [6.07, 6.45) is 2.60. The van der Waals surface area contributed by atoms with Gasteiger partial charge in [0.25, 0.3) is 0 Å². The van der Waals surface area contributed by atoms with Crippen molar-refractivity contribution in [1.82, 2.24) is 20.2 Å². The van der Waals surface area contributed by atoms with E-state index in [9.17, 15) is 0 Å². The van der Waals surface area contributed by atoms with Crippen molar-refractivity contribution in [2.45, 2.75) is 0 Å². The van der Waals surface area contributed by atoms with Gasteiger partial charge in [-0.15, -0.1) is 12.1 Å². The van der Waals surface area contributed by atoms with Crippen molar-refractivity contribution < 1.29 is 40.4 Å². The molecule has 2 aromatic rings. The Hall–Kier alpha value is -0.372. The summed E-state index contributed by atoms with van der Waals surface area (Å²) >= 11 is 0. The molecule has 1 aromatic carbocycles. The van der Waals surface area contributed by atoms with Crippen LogP contribution in [0.15, 0.2) is 30.3 Å². The number of nitrogens with zero attached hydrogens (tertiary/aromatic N) is 4. The van der Waals surface area contributed by atoms with E-state index in [0.29, 0.717) is 0 Å². The second-order valence-corrected chi connectivity index (χ2v) is 2.03. The SMILES string of the molecule is [Sm].[c-]1nnnn1-c1ccccc1. The summed E-state index contributed by atoms with van der Waals surface area (Å²) in [7, 11) is 0. The van der Waals surface area contributed by atoms with Crippen LogP contribution in [0.3, 0.4) is 0 Å². The average molecular weight is 296 g/mol. The van der Waals surface area contributed by atoms with E-state index < -0.39 is 0 Å². The third kappa shape index (κ3) is 2.07. The molecule has 0 aliphatic rings. The van der Waals surface area contributed by atoms with Gasteiger partial charge in [-0.05, 0) is 11.5 Å². The zero-order valence-electron chi connectivity index (χ0n) is 6.08. The van der Waals surface area contributed by atoms with Crippen LogP contribution >= 0.6 is 0 Å². The molecule has 0 bridgehead atoms. The van der Waals surface area contributed by atoms with Gasteiger partial charge >= 0.3 is 0 Å². The second kappa shape index (κ2) is 4.60. The molecule has 0 saturated heterocycles. The first-order valence-corrected chi connectivity index (χ1v) is 3.18. The van der Waals surface area contributed by atoms with Crippen molar-refractivity contribution in [2.75, 3.05) is 0 Å². The quantitative estimate of drug-likeness (QED) is 0.718. The van der Waals surface area contributed by atoms with E-state index in [-0.39, 0.29) is 40.4 Å². The van der Waals surface area contributed by atoms with Gasteiger partial charge in [0.05, 0.1) is 0 Å². The van der Waals surface area contributed by atoms with Crippen LogP contribution in [0.4, 0.5) is 0 Å². The monoisotopic (exact) mass is 297 g/mol. The van der Waals surface area contributed by atoms with Gasteiger partial charge in [-0.2, -0.15) is 0 Å². The zero-order chi connectivity index (χ0) is 7.52. The molecule has 0 amide bonds. The third-order valence-electron chi connectivity index (χ3n) is 1.31. The second-order valence-electron chi connectivity index (χ2n) is 2.03. The Morgan fingerprint density at radius 1 is 1.17 bits per heavy atom. The fourth-order valence-electron chi connectivity index (χ4n) is 0.821. The average Bonchev–Trinajstić information content (AvgIpc) is 2.58. The molecule has 12 heavy (non-hydrogen) atoms. The van der Waals surface area contributed by atoms with Crippen LogP contribution in [-0.2, 0) is 0 Å². The van der Waals surface area contributed by atoms with Crippen molar-refractivity contribution in [3.05, 3.63) is 36.7 Å². The minimum Gasteiger partial charge on any atom is -0.363 e. The molecule has 60 valence electrons. The maximum Gasteiger partial charge on any atom is 0 e. The van der Waals surface area contributed by atoms with E-state index in [0.717, 1.165) is 5.69 Å². The van der Waals surface area contributed by atoms with Crippen molar-refractivity contribution in [1.29, 1.82) is 0 Å². The van der Waals surface area contributed by atoms with Gasteiger partial charge in [-0.25, -0.2) is 5.10 Å². The smallest absolute Gasteiger partial charge is 0 e. The first-order valence-electron chi connectivity index (χ1n) is 3.18. The van der Waals surface area contributed by atoms with Gasteiger partial charge in [0.1, 0.15) is 0 Å². The van der Waals surface area contributed by atoms with Crippen LogP contribution in [-0.4, -0.2) is 20.2 Å². The van der Waals surface area contributed by atoms with E-state index in [2.05, 4.69) is 21.9 Å². The Balaban J connectivity index is 0.000000720. The maximum absolute atomic E-state index is 3.69. The van der Waals surface area contributed by atoms with Crippen LogP contribution < -0.4 is 0 Å². The number of aromatic nitrogens is 4. The van der Waals surface area contributed by atoms with E-state index >= 15 is 0 Å². The van der Waals surface area contributed by atoms with Gasteiger partial charge in [0.15, 0.2) is 0 Å². The molecule has 0 atom stereocenters. The normalized spacial score (nSPS) is 9.00. The molecule has 5 heteroatoms. The molecule has 0 unspecified atom stereocenters. The largest absolute Gasteiger partial charge is 0.363 e. The number of benzene rings is 1. The fraction of sp³-hybridized carbons (Fsp3) is 0. The molecule has 0 radical (unpaired) electrons. The predicted molar refractivity (Wildman–Crippen MR) is 38.0 cm³/mol. The van der Waals surface area contributed by atoms with Gasteiger partial charge < -0.3 is 4.68 Å². The van der Waals surface area contributed by atoms with E-state index in [1.165, 1.54) is 4.68 Å². The van der Waals surface area contributed by atoms with Crippen molar-refractivity contribution >= 4 is 0 Å². The molecule has 4 nitrogen and oxygen atoms in total. The van der Waals surface area contributed by atoms with Crippen LogP contribution in [0.1, 0.15) is 0 Å². The number of hydrogen-bond donors (Lipinski definition) is 0. The molecule has 0 spiro atoms. The number of para-hydroxylation sites is 1. The van der Waals surface area contributed by atoms with Gasteiger partial charge in [-0.3, -0.25) is 0 Å². The van der Waals surface area contributed by atoms with Crippen LogP contribution in [0, 0.1) is 46.7 Å². The van der Waals surface area contributed by atoms with Crippen molar-refractivity contribution in [3.63, 3.8) is 0 Å². The van der Waals surface area contributed by atoms with Gasteiger partial charge in [0.2, 0.25) is 0 Å². The van der Waals surface area contributed by atoms with Gasteiger partial charge in [0, 0.05) is 40.4 Å². The number of tetrazole rings is 1. The predicted octanol–water partition coefficient (Wildman–Crippen LogP) is 0.462. The summed E-state index contributed by atoms with van der Waals surface area (Å²) in [6, 6.07) is 9.60. The van der Waals surface area contributed by atoms with E-state index in [4.69, 9.17) is 0 Å². The topological polar surface area (TPSA) is 43.6 Å². The molecule has 0 saturated carbocycles.